The smallest absolute Gasteiger partial charge is 0.398 e. The van der Waals surface area contributed by atoms with Gasteiger partial charge in [0, 0.05) is 22.5 Å². The van der Waals surface area contributed by atoms with E-state index in [4.69, 9.17) is 5.73 Å². The Bertz CT molecular complexity index is 651. The number of hydrogen-bond donors (Lipinski definition) is 1. The number of anilines is 1. The number of hydrogen-bond acceptors (Lipinski definition) is 3. The minimum Gasteiger partial charge on any atom is -0.398 e. The maximum atomic E-state index is 12.6. The van der Waals surface area contributed by atoms with Gasteiger partial charge >= 0.3 is 6.18 Å². The third kappa shape index (κ3) is 3.40. The Morgan fingerprint density at radius 2 is 1.95 bits per heavy atom. The summed E-state index contributed by atoms with van der Waals surface area (Å²) in [6.07, 6.45) is -4.46. The fraction of sp³-hybridized carbons (Fsp3) is 0.154. The van der Waals surface area contributed by atoms with Gasteiger partial charge in [-0.2, -0.15) is 13.2 Å². The Labute approximate surface area is 125 Å². The van der Waals surface area contributed by atoms with Crippen molar-refractivity contribution in [2.24, 2.45) is 0 Å². The Hall–Kier alpha value is -1.34. The van der Waals surface area contributed by atoms with Crippen molar-refractivity contribution in [2.75, 3.05) is 5.73 Å². The summed E-state index contributed by atoms with van der Waals surface area (Å²) in [6.45, 7) is 0. The van der Waals surface area contributed by atoms with Crippen molar-refractivity contribution in [3.63, 3.8) is 0 Å². The first-order chi connectivity index (χ1) is 9.27. The van der Waals surface area contributed by atoms with Gasteiger partial charge in [-0.05, 0) is 46.3 Å². The summed E-state index contributed by atoms with van der Waals surface area (Å²) in [6, 6.07) is 6.31. The molecule has 20 heavy (non-hydrogen) atoms. The van der Waals surface area contributed by atoms with Crippen molar-refractivity contribution in [3.05, 3.63) is 50.1 Å². The number of rotatable bonds is 3. The molecule has 0 aliphatic rings. The Morgan fingerprint density at radius 1 is 1.25 bits per heavy atom. The van der Waals surface area contributed by atoms with Crippen molar-refractivity contribution in [2.45, 2.75) is 12.6 Å². The molecule has 2 nitrogen and oxygen atoms in total. The standard InChI is InChI=1S/C13H9BrF3NOS/c14-12-4-2-8(20-12)6-11(19)9-5-7(13(15,16)17)1-3-10(9)18/h1-5H,6,18H2. The van der Waals surface area contributed by atoms with Gasteiger partial charge in [-0.15, -0.1) is 11.3 Å². The van der Waals surface area contributed by atoms with Crippen LogP contribution in [-0.4, -0.2) is 5.78 Å². The van der Waals surface area contributed by atoms with Gasteiger partial charge in [0.25, 0.3) is 0 Å². The zero-order chi connectivity index (χ0) is 14.9. The maximum absolute atomic E-state index is 12.6. The molecule has 0 saturated carbocycles. The molecule has 0 bridgehead atoms. The van der Waals surface area contributed by atoms with Gasteiger partial charge < -0.3 is 5.73 Å². The number of benzene rings is 1. The molecule has 1 heterocycles. The van der Waals surface area contributed by atoms with Crippen molar-refractivity contribution < 1.29 is 18.0 Å². The SMILES string of the molecule is Nc1ccc(C(F)(F)F)cc1C(=O)Cc1ccc(Br)s1. The number of ketones is 1. The number of Topliss-reactive ketones (excluding diaryl/α,β-unsaturated/α-hetero) is 1. The average Bonchev–Trinajstić information content (AvgIpc) is 2.73. The summed E-state index contributed by atoms with van der Waals surface area (Å²) in [5.74, 6) is -0.428. The molecule has 0 aliphatic carbocycles. The molecule has 7 heteroatoms. The second-order valence-corrected chi connectivity index (χ2v) is 6.65. The van der Waals surface area contributed by atoms with Crippen LogP contribution >= 0.6 is 27.3 Å². The first-order valence-electron chi connectivity index (χ1n) is 5.51. The van der Waals surface area contributed by atoms with E-state index in [-0.39, 0.29) is 17.7 Å². The number of thiophene rings is 1. The first kappa shape index (κ1) is 15.1. The summed E-state index contributed by atoms with van der Waals surface area (Å²) in [7, 11) is 0. The highest BCUT2D eigenvalue weighted by Crippen LogP contribution is 2.32. The zero-order valence-corrected chi connectivity index (χ0v) is 12.4. The molecule has 2 rings (SSSR count). The Balaban J connectivity index is 2.29. The minimum atomic E-state index is -4.49. The molecule has 0 amide bonds. The molecular formula is C13H9BrF3NOS. The second kappa shape index (κ2) is 5.57. The Morgan fingerprint density at radius 3 is 2.50 bits per heavy atom. The molecule has 0 aliphatic heterocycles. The predicted molar refractivity (Wildman–Crippen MR) is 75.9 cm³/mol. The quantitative estimate of drug-likeness (QED) is 0.642. The van der Waals surface area contributed by atoms with Crippen LogP contribution in [0.5, 0.6) is 0 Å². The van der Waals surface area contributed by atoms with Crippen LogP contribution in [0.2, 0.25) is 0 Å². The molecule has 0 spiro atoms. The predicted octanol–water partition coefficient (Wildman–Crippen LogP) is 4.54. The van der Waals surface area contributed by atoms with Crippen LogP contribution in [0.25, 0.3) is 0 Å². The molecule has 0 fully saturated rings. The van der Waals surface area contributed by atoms with E-state index in [1.54, 1.807) is 12.1 Å². The molecule has 0 atom stereocenters. The summed E-state index contributed by atoms with van der Waals surface area (Å²) >= 11 is 4.62. The van der Waals surface area contributed by atoms with E-state index in [9.17, 15) is 18.0 Å². The van der Waals surface area contributed by atoms with Crippen LogP contribution < -0.4 is 5.73 Å². The molecule has 0 unspecified atom stereocenters. The second-order valence-electron chi connectivity index (χ2n) is 4.11. The number of carbonyl (C=O) groups excluding carboxylic acids is 1. The Kier molecular flexibility index (Phi) is 4.19. The van der Waals surface area contributed by atoms with E-state index in [0.717, 1.165) is 26.9 Å². The van der Waals surface area contributed by atoms with Gasteiger partial charge in [-0.1, -0.05) is 0 Å². The fourth-order valence-electron chi connectivity index (χ4n) is 1.67. The lowest BCUT2D eigenvalue weighted by molar-refractivity contribution is -0.137. The van der Waals surface area contributed by atoms with Crippen molar-refractivity contribution >= 4 is 38.7 Å². The monoisotopic (exact) mass is 363 g/mol. The van der Waals surface area contributed by atoms with E-state index in [0.29, 0.717) is 0 Å². The average molecular weight is 364 g/mol. The third-order valence-corrected chi connectivity index (χ3v) is 4.27. The van der Waals surface area contributed by atoms with Gasteiger partial charge in [0.1, 0.15) is 0 Å². The lowest BCUT2D eigenvalue weighted by Gasteiger charge is -2.10. The van der Waals surface area contributed by atoms with Crippen LogP contribution in [0.4, 0.5) is 18.9 Å². The van der Waals surface area contributed by atoms with Crippen LogP contribution in [0, 0.1) is 0 Å². The van der Waals surface area contributed by atoms with E-state index in [2.05, 4.69) is 15.9 Å². The number of nitrogens with two attached hydrogens (primary N) is 1. The first-order valence-corrected chi connectivity index (χ1v) is 7.12. The number of nitrogen functional groups attached to an aromatic ring is 1. The van der Waals surface area contributed by atoms with E-state index in [1.165, 1.54) is 11.3 Å². The molecule has 1 aromatic heterocycles. The third-order valence-electron chi connectivity index (χ3n) is 2.64. The largest absolute Gasteiger partial charge is 0.416 e. The van der Waals surface area contributed by atoms with Crippen LogP contribution in [-0.2, 0) is 12.6 Å². The highest BCUT2D eigenvalue weighted by Gasteiger charge is 2.31. The molecule has 1 aromatic carbocycles. The van der Waals surface area contributed by atoms with Gasteiger partial charge in [0.15, 0.2) is 5.78 Å². The molecule has 2 aromatic rings. The maximum Gasteiger partial charge on any atom is 0.416 e. The summed E-state index contributed by atoms with van der Waals surface area (Å²) in [5.41, 5.74) is 4.69. The van der Waals surface area contributed by atoms with Crippen molar-refractivity contribution in [1.29, 1.82) is 0 Å². The highest BCUT2D eigenvalue weighted by molar-refractivity contribution is 9.11. The fourth-order valence-corrected chi connectivity index (χ4v) is 3.16. The number of alkyl halides is 3. The molecular weight excluding hydrogens is 355 g/mol. The zero-order valence-electron chi connectivity index (χ0n) is 10.00. The van der Waals surface area contributed by atoms with Crippen molar-refractivity contribution in [1.82, 2.24) is 0 Å². The van der Waals surface area contributed by atoms with E-state index < -0.39 is 17.5 Å². The van der Waals surface area contributed by atoms with Gasteiger partial charge in [0.2, 0.25) is 0 Å². The lowest BCUT2D eigenvalue weighted by Crippen LogP contribution is -2.11. The van der Waals surface area contributed by atoms with E-state index >= 15 is 0 Å². The van der Waals surface area contributed by atoms with Crippen LogP contribution in [0.15, 0.2) is 34.1 Å². The van der Waals surface area contributed by atoms with Crippen molar-refractivity contribution in [3.8, 4) is 0 Å². The molecule has 2 N–H and O–H groups in total. The topological polar surface area (TPSA) is 43.1 Å². The van der Waals surface area contributed by atoms with Crippen LogP contribution in [0.1, 0.15) is 20.8 Å². The van der Waals surface area contributed by atoms with Gasteiger partial charge in [-0.3, -0.25) is 4.79 Å². The minimum absolute atomic E-state index is 0.0295. The van der Waals surface area contributed by atoms with E-state index in [1.807, 2.05) is 0 Å². The number of carbonyl (C=O) groups is 1. The molecule has 0 saturated heterocycles. The normalized spacial score (nSPS) is 11.6. The van der Waals surface area contributed by atoms with Gasteiger partial charge in [0.05, 0.1) is 9.35 Å². The highest BCUT2D eigenvalue weighted by atomic mass is 79.9. The van der Waals surface area contributed by atoms with Crippen LogP contribution in [0.3, 0.4) is 0 Å². The number of halogens is 4. The molecule has 106 valence electrons. The summed E-state index contributed by atoms with van der Waals surface area (Å²) in [4.78, 5) is 12.8. The molecule has 0 radical (unpaired) electrons. The lowest BCUT2D eigenvalue weighted by atomic mass is 10.0. The summed E-state index contributed by atoms with van der Waals surface area (Å²) < 4.78 is 38.8. The summed E-state index contributed by atoms with van der Waals surface area (Å²) in [5, 5.41) is 0. The van der Waals surface area contributed by atoms with Gasteiger partial charge in [-0.25, -0.2) is 0 Å².